The number of methoxy groups -OCH3 is 4. The lowest BCUT2D eigenvalue weighted by molar-refractivity contribution is 0.0982. The van der Waals surface area contributed by atoms with Gasteiger partial charge in [-0.05, 0) is 37.6 Å². The third kappa shape index (κ3) is 5.68. The first-order valence-electron chi connectivity index (χ1n) is 11.9. The smallest absolute Gasteiger partial charge is 0.231 e. The summed E-state index contributed by atoms with van der Waals surface area (Å²) < 4.78 is 51.1. The Labute approximate surface area is 226 Å². The van der Waals surface area contributed by atoms with E-state index in [1.54, 1.807) is 42.1 Å². The fraction of sp³-hybridized carbons (Fsp3) is 0.346. The van der Waals surface area contributed by atoms with Crippen molar-refractivity contribution in [1.29, 1.82) is 0 Å². The van der Waals surface area contributed by atoms with Gasteiger partial charge in [-0.1, -0.05) is 6.07 Å². The number of rotatable bonds is 11. The molecule has 1 aromatic carbocycles. The summed E-state index contributed by atoms with van der Waals surface area (Å²) in [6, 6.07) is 7.16. The molecule has 4 aromatic rings. The molecular formula is C26H30N6O6S. The highest BCUT2D eigenvalue weighted by Crippen LogP contribution is 2.37. The lowest BCUT2D eigenvalue weighted by atomic mass is 10.2. The van der Waals surface area contributed by atoms with Crippen molar-refractivity contribution in [2.24, 2.45) is 0 Å². The molecule has 0 amide bonds. The molecule has 206 valence electrons. The highest BCUT2D eigenvalue weighted by Gasteiger charge is 2.35. The molecule has 0 aliphatic rings. The normalized spacial score (nSPS) is 13.1. The number of para-hydroxylation sites is 1. The molecule has 0 spiro atoms. The molecule has 4 rings (SSSR count). The molecule has 0 radical (unpaired) electrons. The van der Waals surface area contributed by atoms with Crippen LogP contribution in [-0.2, 0) is 20.3 Å². The van der Waals surface area contributed by atoms with Gasteiger partial charge < -0.3 is 18.9 Å². The first-order valence-corrected chi connectivity index (χ1v) is 13.6. The highest BCUT2D eigenvalue weighted by atomic mass is 32.2. The second-order valence-corrected chi connectivity index (χ2v) is 11.0. The minimum atomic E-state index is -3.88. The molecule has 12 nitrogen and oxygen atoms in total. The van der Waals surface area contributed by atoms with Crippen LogP contribution >= 0.6 is 0 Å². The number of aromatic nitrogens is 6. The Bertz CT molecular complexity index is 1520. The largest absolute Gasteiger partial charge is 0.494 e. The minimum Gasteiger partial charge on any atom is -0.494 e. The maximum absolute atomic E-state index is 13.8. The molecule has 3 heterocycles. The number of hydrogen-bond donors (Lipinski definition) is 0. The Hall–Kier alpha value is -4.10. The van der Waals surface area contributed by atoms with E-state index in [4.69, 9.17) is 18.9 Å². The van der Waals surface area contributed by atoms with Crippen LogP contribution in [0, 0.1) is 6.92 Å². The van der Waals surface area contributed by atoms with Crippen molar-refractivity contribution in [2.45, 2.75) is 31.0 Å². The zero-order valence-electron chi connectivity index (χ0n) is 22.5. The van der Waals surface area contributed by atoms with E-state index in [1.165, 1.54) is 40.8 Å². The van der Waals surface area contributed by atoms with Gasteiger partial charge in [-0.2, -0.15) is 0 Å². The van der Waals surface area contributed by atoms with E-state index < -0.39 is 26.9 Å². The molecule has 2 atom stereocenters. The summed E-state index contributed by atoms with van der Waals surface area (Å²) in [6.45, 7) is 3.46. The lowest BCUT2D eigenvalue weighted by Gasteiger charge is -2.22. The standard InChI is InChI=1S/C26H30N6O6S/c1-16-10-18(12-27-11-16)26-31-30-22(32(26)24-20(35-3)8-7-9-21(24)36-4)15-39(33,34)17(2)25(38-6)19-13-29-23(37-5)14-28-19/h7-14,17,25H,15H2,1-6H3/t17-,25+/m0/s1. The average Bonchev–Trinajstić information content (AvgIpc) is 3.35. The van der Waals surface area contributed by atoms with Crippen LogP contribution in [-0.4, -0.2) is 71.8 Å². The summed E-state index contributed by atoms with van der Waals surface area (Å²) in [5.41, 5.74) is 2.37. The van der Waals surface area contributed by atoms with Gasteiger partial charge >= 0.3 is 0 Å². The Morgan fingerprint density at radius 2 is 1.64 bits per heavy atom. The van der Waals surface area contributed by atoms with Gasteiger partial charge in [0.15, 0.2) is 21.5 Å². The van der Waals surface area contributed by atoms with Crippen LogP contribution in [0.25, 0.3) is 17.1 Å². The maximum atomic E-state index is 13.8. The number of pyridine rings is 1. The minimum absolute atomic E-state index is 0.164. The molecule has 0 unspecified atom stereocenters. The topological polar surface area (TPSA) is 140 Å². The van der Waals surface area contributed by atoms with Gasteiger partial charge in [0, 0.05) is 25.1 Å². The van der Waals surface area contributed by atoms with E-state index in [2.05, 4.69) is 25.1 Å². The summed E-state index contributed by atoms with van der Waals surface area (Å²) >= 11 is 0. The maximum Gasteiger partial charge on any atom is 0.231 e. The summed E-state index contributed by atoms with van der Waals surface area (Å²) in [4.78, 5) is 12.7. The molecule has 0 fully saturated rings. The molecular weight excluding hydrogens is 524 g/mol. The van der Waals surface area contributed by atoms with Gasteiger partial charge in [-0.15, -0.1) is 10.2 Å². The van der Waals surface area contributed by atoms with Crippen molar-refractivity contribution in [3.8, 4) is 34.5 Å². The quantitative estimate of drug-likeness (QED) is 0.270. The van der Waals surface area contributed by atoms with E-state index >= 15 is 0 Å². The van der Waals surface area contributed by atoms with Gasteiger partial charge in [0.05, 0.1) is 44.7 Å². The first-order chi connectivity index (χ1) is 18.7. The third-order valence-electron chi connectivity index (χ3n) is 6.21. The molecule has 0 bridgehead atoms. The van der Waals surface area contributed by atoms with Crippen LogP contribution in [0.1, 0.15) is 30.1 Å². The van der Waals surface area contributed by atoms with Gasteiger partial charge in [0.2, 0.25) is 5.88 Å². The Kier molecular flexibility index (Phi) is 8.41. The number of benzene rings is 1. The van der Waals surface area contributed by atoms with Crippen LogP contribution in [0.15, 0.2) is 49.1 Å². The van der Waals surface area contributed by atoms with Crippen LogP contribution < -0.4 is 14.2 Å². The van der Waals surface area contributed by atoms with Crippen molar-refractivity contribution < 1.29 is 27.4 Å². The van der Waals surface area contributed by atoms with Gasteiger partial charge in [-0.25, -0.2) is 13.4 Å². The van der Waals surface area contributed by atoms with Crippen molar-refractivity contribution >= 4 is 9.84 Å². The van der Waals surface area contributed by atoms with Crippen molar-refractivity contribution in [3.05, 3.63) is 66.1 Å². The van der Waals surface area contributed by atoms with Crippen LogP contribution in [0.4, 0.5) is 0 Å². The van der Waals surface area contributed by atoms with Crippen LogP contribution in [0.3, 0.4) is 0 Å². The van der Waals surface area contributed by atoms with E-state index in [0.717, 1.165) is 5.56 Å². The molecule has 3 aromatic heterocycles. The van der Waals surface area contributed by atoms with Gasteiger partial charge in [0.1, 0.15) is 29.0 Å². The molecule has 39 heavy (non-hydrogen) atoms. The van der Waals surface area contributed by atoms with E-state index in [0.29, 0.717) is 40.1 Å². The van der Waals surface area contributed by atoms with Gasteiger partial charge in [0.25, 0.3) is 0 Å². The lowest BCUT2D eigenvalue weighted by Crippen LogP contribution is -2.29. The van der Waals surface area contributed by atoms with Crippen LogP contribution in [0.2, 0.25) is 0 Å². The number of sulfone groups is 1. The van der Waals surface area contributed by atoms with Gasteiger partial charge in [-0.3, -0.25) is 14.5 Å². The molecule has 0 saturated carbocycles. The summed E-state index contributed by atoms with van der Waals surface area (Å²) in [5, 5.41) is 7.68. The average molecular weight is 555 g/mol. The molecule has 0 N–H and O–H groups in total. The predicted octanol–water partition coefficient (Wildman–Crippen LogP) is 3.14. The summed E-state index contributed by atoms with van der Waals surface area (Å²) in [6.07, 6.45) is 5.32. The van der Waals surface area contributed by atoms with Crippen molar-refractivity contribution in [3.63, 3.8) is 0 Å². The van der Waals surface area contributed by atoms with E-state index in [-0.39, 0.29) is 5.82 Å². The zero-order chi connectivity index (χ0) is 28.2. The first kappa shape index (κ1) is 27.9. The van der Waals surface area contributed by atoms with E-state index in [9.17, 15) is 8.42 Å². The molecule has 0 saturated heterocycles. The summed E-state index contributed by atoms with van der Waals surface area (Å²) in [7, 11) is 2.06. The third-order valence-corrected chi connectivity index (χ3v) is 8.26. The van der Waals surface area contributed by atoms with Crippen LogP contribution in [0.5, 0.6) is 17.4 Å². The second-order valence-electron chi connectivity index (χ2n) is 8.69. The number of hydrogen-bond acceptors (Lipinski definition) is 11. The second kappa shape index (κ2) is 11.7. The fourth-order valence-electron chi connectivity index (χ4n) is 4.19. The molecule has 0 aliphatic carbocycles. The Morgan fingerprint density at radius 3 is 2.21 bits per heavy atom. The summed E-state index contributed by atoms with van der Waals surface area (Å²) in [5.74, 6) is 1.30. The molecule has 13 heteroatoms. The predicted molar refractivity (Wildman–Crippen MR) is 143 cm³/mol. The SMILES string of the molecule is COc1cnc([C@H](OC)[C@H](C)S(=O)(=O)Cc2nnc(-c3cncc(C)c3)n2-c2c(OC)cccc2OC)cn1. The van der Waals surface area contributed by atoms with Crippen molar-refractivity contribution in [1.82, 2.24) is 29.7 Å². The Balaban J connectivity index is 1.82. The Morgan fingerprint density at radius 1 is 0.923 bits per heavy atom. The number of ether oxygens (including phenoxy) is 4. The van der Waals surface area contributed by atoms with Crippen molar-refractivity contribution in [2.75, 3.05) is 28.4 Å². The molecule has 0 aliphatic heterocycles. The monoisotopic (exact) mass is 554 g/mol. The zero-order valence-corrected chi connectivity index (χ0v) is 23.3. The van der Waals surface area contributed by atoms with E-state index in [1.807, 2.05) is 13.0 Å². The number of aryl methyl sites for hydroxylation is 1. The highest BCUT2D eigenvalue weighted by molar-refractivity contribution is 7.91. The fourth-order valence-corrected chi connectivity index (χ4v) is 5.63. The number of nitrogens with zero attached hydrogens (tertiary/aromatic N) is 6.